The maximum absolute atomic E-state index is 6.13. The molecule has 0 radical (unpaired) electrons. The van der Waals surface area contributed by atoms with E-state index in [1.54, 1.807) is 0 Å². The molecule has 1 heterocycles. The summed E-state index contributed by atoms with van der Waals surface area (Å²) in [5.74, 6) is 1.51. The van der Waals surface area contributed by atoms with E-state index in [2.05, 4.69) is 37.7 Å². The smallest absolute Gasteiger partial charge is 0.161 e. The lowest BCUT2D eigenvalue weighted by atomic mass is 9.92. The molecule has 0 aliphatic rings. The fourth-order valence-corrected chi connectivity index (χ4v) is 2.03. The van der Waals surface area contributed by atoms with Crippen LogP contribution in [0, 0.1) is 0 Å². The first-order chi connectivity index (χ1) is 9.90. The summed E-state index contributed by atoms with van der Waals surface area (Å²) >= 11 is 6.13. The number of benzene rings is 1. The summed E-state index contributed by atoms with van der Waals surface area (Å²) in [5, 5.41) is 0.469. The Bertz CT molecular complexity index is 603. The van der Waals surface area contributed by atoms with Crippen LogP contribution in [0.3, 0.4) is 0 Å². The first-order valence-corrected chi connectivity index (χ1v) is 7.56. The molecule has 21 heavy (non-hydrogen) atoms. The predicted octanol–water partition coefficient (Wildman–Crippen LogP) is 4.88. The maximum atomic E-state index is 6.13. The molecule has 112 valence electrons. The van der Waals surface area contributed by atoms with Gasteiger partial charge < -0.3 is 4.74 Å². The number of hydrogen-bond acceptors (Lipinski definition) is 3. The van der Waals surface area contributed by atoms with Crippen LogP contribution < -0.4 is 4.74 Å². The van der Waals surface area contributed by atoms with Crippen molar-refractivity contribution >= 4 is 11.6 Å². The van der Waals surface area contributed by atoms with E-state index in [4.69, 9.17) is 16.3 Å². The van der Waals surface area contributed by atoms with E-state index >= 15 is 0 Å². The van der Waals surface area contributed by atoms with Crippen LogP contribution in [0.4, 0.5) is 0 Å². The van der Waals surface area contributed by atoms with Gasteiger partial charge in [0.15, 0.2) is 5.82 Å². The molecule has 0 saturated carbocycles. The number of ether oxygens (including phenoxy) is 1. The minimum atomic E-state index is -0.0640. The molecule has 0 fully saturated rings. The summed E-state index contributed by atoms with van der Waals surface area (Å²) in [6, 6.07) is 9.62. The Hall–Kier alpha value is -1.61. The van der Waals surface area contributed by atoms with E-state index < -0.39 is 0 Å². The minimum Gasteiger partial charge on any atom is -0.494 e. The van der Waals surface area contributed by atoms with Gasteiger partial charge in [0.05, 0.1) is 12.3 Å². The molecule has 1 aromatic carbocycles. The third-order valence-electron chi connectivity index (χ3n) is 3.05. The Morgan fingerprint density at radius 1 is 1.10 bits per heavy atom. The molecule has 4 heteroatoms. The Labute approximate surface area is 131 Å². The van der Waals surface area contributed by atoms with Crippen LogP contribution in [0.1, 0.15) is 39.8 Å². The van der Waals surface area contributed by atoms with E-state index in [0.29, 0.717) is 11.0 Å². The third kappa shape index (κ3) is 4.18. The van der Waals surface area contributed by atoms with Crippen molar-refractivity contribution in [1.82, 2.24) is 9.97 Å². The second kappa shape index (κ2) is 6.44. The first-order valence-electron chi connectivity index (χ1n) is 7.18. The molecule has 0 atom stereocenters. The van der Waals surface area contributed by atoms with Gasteiger partial charge >= 0.3 is 0 Å². The van der Waals surface area contributed by atoms with Gasteiger partial charge in [-0.05, 0) is 36.8 Å². The van der Waals surface area contributed by atoms with Gasteiger partial charge in [-0.25, -0.2) is 9.97 Å². The average molecular weight is 305 g/mol. The number of nitrogens with zero attached hydrogens (tertiary/aromatic N) is 2. The SMILES string of the molecule is CCCOc1ccc(-c2nc(Cl)cc(C(C)(C)C)n2)cc1. The second-order valence-electron chi connectivity index (χ2n) is 6.02. The van der Waals surface area contributed by atoms with Gasteiger partial charge in [-0.1, -0.05) is 39.3 Å². The highest BCUT2D eigenvalue weighted by Gasteiger charge is 2.18. The Morgan fingerprint density at radius 3 is 2.33 bits per heavy atom. The zero-order valence-electron chi connectivity index (χ0n) is 13.0. The number of aromatic nitrogens is 2. The number of halogens is 1. The van der Waals surface area contributed by atoms with Crippen molar-refractivity contribution in [3.05, 3.63) is 41.2 Å². The molecular formula is C17H21ClN2O. The lowest BCUT2D eigenvalue weighted by molar-refractivity contribution is 0.317. The van der Waals surface area contributed by atoms with Crippen molar-refractivity contribution in [2.75, 3.05) is 6.61 Å². The van der Waals surface area contributed by atoms with Gasteiger partial charge in [-0.2, -0.15) is 0 Å². The molecule has 2 rings (SSSR count). The Kier molecular flexibility index (Phi) is 4.84. The Balaban J connectivity index is 2.31. The van der Waals surface area contributed by atoms with Crippen LogP contribution in [0.15, 0.2) is 30.3 Å². The van der Waals surface area contributed by atoms with Gasteiger partial charge in [0.1, 0.15) is 10.9 Å². The van der Waals surface area contributed by atoms with Crippen molar-refractivity contribution in [2.24, 2.45) is 0 Å². The standard InChI is InChI=1S/C17H21ClN2O/c1-5-10-21-13-8-6-12(7-9-13)16-19-14(17(2,3)4)11-15(18)20-16/h6-9,11H,5,10H2,1-4H3. The second-order valence-corrected chi connectivity index (χ2v) is 6.41. The van der Waals surface area contributed by atoms with Gasteiger partial charge in [-0.3, -0.25) is 0 Å². The zero-order chi connectivity index (χ0) is 15.5. The fraction of sp³-hybridized carbons (Fsp3) is 0.412. The van der Waals surface area contributed by atoms with Gasteiger partial charge in [-0.15, -0.1) is 0 Å². The maximum Gasteiger partial charge on any atom is 0.161 e. The molecule has 0 saturated heterocycles. The van der Waals surface area contributed by atoms with Crippen LogP contribution in [0.5, 0.6) is 5.75 Å². The van der Waals surface area contributed by atoms with E-state index in [1.807, 2.05) is 30.3 Å². The molecule has 0 bridgehead atoms. The Morgan fingerprint density at radius 2 is 1.76 bits per heavy atom. The van der Waals surface area contributed by atoms with Crippen LogP contribution in [-0.4, -0.2) is 16.6 Å². The van der Waals surface area contributed by atoms with E-state index in [0.717, 1.165) is 30.0 Å². The normalized spacial score (nSPS) is 11.5. The highest BCUT2D eigenvalue weighted by Crippen LogP contribution is 2.26. The lowest BCUT2D eigenvalue weighted by Gasteiger charge is -2.18. The molecule has 2 aromatic rings. The summed E-state index contributed by atoms with van der Waals surface area (Å²) in [6.07, 6.45) is 0.994. The topological polar surface area (TPSA) is 35.0 Å². The van der Waals surface area contributed by atoms with Gasteiger partial charge in [0.2, 0.25) is 0 Å². The summed E-state index contributed by atoms with van der Waals surface area (Å²) in [6.45, 7) is 9.13. The fourth-order valence-electron chi connectivity index (χ4n) is 1.85. The average Bonchev–Trinajstić information content (AvgIpc) is 2.44. The zero-order valence-corrected chi connectivity index (χ0v) is 13.7. The van der Waals surface area contributed by atoms with E-state index in [1.165, 1.54) is 0 Å². The van der Waals surface area contributed by atoms with Crippen molar-refractivity contribution in [3.63, 3.8) is 0 Å². The lowest BCUT2D eigenvalue weighted by Crippen LogP contribution is -2.14. The predicted molar refractivity (Wildman–Crippen MR) is 87.0 cm³/mol. The molecule has 0 aliphatic heterocycles. The molecule has 0 spiro atoms. The molecule has 1 aromatic heterocycles. The van der Waals surface area contributed by atoms with E-state index in [-0.39, 0.29) is 5.41 Å². The van der Waals surface area contributed by atoms with Crippen molar-refractivity contribution in [3.8, 4) is 17.1 Å². The monoisotopic (exact) mass is 304 g/mol. The molecule has 0 N–H and O–H groups in total. The highest BCUT2D eigenvalue weighted by atomic mass is 35.5. The summed E-state index contributed by atoms with van der Waals surface area (Å²) in [7, 11) is 0. The molecular weight excluding hydrogens is 284 g/mol. The number of hydrogen-bond donors (Lipinski definition) is 0. The molecule has 0 unspecified atom stereocenters. The number of rotatable bonds is 4. The van der Waals surface area contributed by atoms with Crippen LogP contribution in [-0.2, 0) is 5.41 Å². The van der Waals surface area contributed by atoms with Gasteiger partial charge in [0, 0.05) is 11.0 Å². The van der Waals surface area contributed by atoms with Crippen LogP contribution in [0.2, 0.25) is 5.15 Å². The van der Waals surface area contributed by atoms with E-state index in [9.17, 15) is 0 Å². The van der Waals surface area contributed by atoms with Gasteiger partial charge in [0.25, 0.3) is 0 Å². The quantitative estimate of drug-likeness (QED) is 0.755. The molecule has 0 aliphatic carbocycles. The summed E-state index contributed by atoms with van der Waals surface area (Å²) in [4.78, 5) is 8.95. The molecule has 0 amide bonds. The summed E-state index contributed by atoms with van der Waals surface area (Å²) in [5.41, 5.74) is 1.81. The third-order valence-corrected chi connectivity index (χ3v) is 3.24. The van der Waals surface area contributed by atoms with Crippen molar-refractivity contribution < 1.29 is 4.74 Å². The first kappa shape index (κ1) is 15.8. The summed E-state index contributed by atoms with van der Waals surface area (Å²) < 4.78 is 5.58. The molecule has 3 nitrogen and oxygen atoms in total. The van der Waals surface area contributed by atoms with Crippen LogP contribution in [0.25, 0.3) is 11.4 Å². The minimum absolute atomic E-state index is 0.0640. The van der Waals surface area contributed by atoms with Crippen LogP contribution >= 0.6 is 11.6 Å². The van der Waals surface area contributed by atoms with Crippen molar-refractivity contribution in [2.45, 2.75) is 39.5 Å². The largest absolute Gasteiger partial charge is 0.494 e. The highest BCUT2D eigenvalue weighted by molar-refractivity contribution is 6.29. The van der Waals surface area contributed by atoms with Crippen molar-refractivity contribution in [1.29, 1.82) is 0 Å².